The lowest BCUT2D eigenvalue weighted by Crippen LogP contribution is -2.38. The Bertz CT molecular complexity index is 1170. The summed E-state index contributed by atoms with van der Waals surface area (Å²) in [6, 6.07) is 9.37. The molecule has 1 heterocycles. The minimum atomic E-state index is -4.53. The van der Waals surface area contributed by atoms with Crippen molar-refractivity contribution < 1.29 is 27.1 Å². The molecule has 0 spiro atoms. The Hall–Kier alpha value is -3.06. The molecule has 0 aromatic heterocycles. The van der Waals surface area contributed by atoms with E-state index in [9.17, 15) is 22.7 Å². The molecule has 0 bridgehead atoms. The van der Waals surface area contributed by atoms with Crippen LogP contribution in [-0.4, -0.2) is 16.5 Å². The third kappa shape index (κ3) is 4.29. The summed E-state index contributed by atoms with van der Waals surface area (Å²) < 4.78 is 68.8. The second-order valence-corrected chi connectivity index (χ2v) is 8.46. The van der Waals surface area contributed by atoms with E-state index in [-0.39, 0.29) is 23.5 Å². The summed E-state index contributed by atoms with van der Waals surface area (Å²) >= 11 is 0. The molecule has 7 heteroatoms. The first-order chi connectivity index (χ1) is 15.5. The highest BCUT2D eigenvalue weighted by atomic mass is 19.4. The first-order valence-corrected chi connectivity index (χ1v) is 10.5. The summed E-state index contributed by atoms with van der Waals surface area (Å²) in [5, 5.41) is 11.3. The molecule has 0 saturated carbocycles. The van der Waals surface area contributed by atoms with E-state index in [2.05, 4.69) is 4.99 Å². The van der Waals surface area contributed by atoms with Crippen LogP contribution in [0.4, 0.5) is 22.0 Å². The lowest BCUT2D eigenvalue weighted by molar-refractivity contribution is -0.137. The second-order valence-electron chi connectivity index (χ2n) is 8.46. The second kappa shape index (κ2) is 8.37. The molecular weight excluding hydrogens is 437 g/mol. The predicted octanol–water partition coefficient (Wildman–Crippen LogP) is 6.99. The Morgan fingerprint density at radius 3 is 2.21 bits per heavy atom. The molecule has 0 saturated heterocycles. The summed E-state index contributed by atoms with van der Waals surface area (Å²) in [4.78, 5) is 4.51. The molecule has 2 aliphatic rings. The van der Waals surface area contributed by atoms with Gasteiger partial charge < -0.3 is 5.11 Å². The van der Waals surface area contributed by atoms with Crippen LogP contribution in [0.3, 0.4) is 0 Å². The predicted molar refractivity (Wildman–Crippen MR) is 118 cm³/mol. The fraction of sp³-hybridized carbons (Fsp3) is 0.269. The molecule has 1 aliphatic heterocycles. The molecule has 2 nitrogen and oxygen atoms in total. The molecular formula is C26H22F5NO. The number of fused-ring (bicyclic) bond motifs is 1. The topological polar surface area (TPSA) is 32.6 Å². The fourth-order valence-electron chi connectivity index (χ4n) is 4.19. The Morgan fingerprint density at radius 2 is 1.64 bits per heavy atom. The van der Waals surface area contributed by atoms with E-state index in [1.54, 1.807) is 32.1 Å². The first kappa shape index (κ1) is 23.1. The van der Waals surface area contributed by atoms with Crippen LogP contribution in [0.15, 0.2) is 82.9 Å². The van der Waals surface area contributed by atoms with Crippen LogP contribution in [0.5, 0.6) is 0 Å². The van der Waals surface area contributed by atoms with E-state index in [0.29, 0.717) is 22.4 Å². The van der Waals surface area contributed by atoms with Gasteiger partial charge in [-0.1, -0.05) is 56.3 Å². The van der Waals surface area contributed by atoms with Crippen molar-refractivity contribution in [3.63, 3.8) is 0 Å². The minimum absolute atomic E-state index is 0.0309. The number of dihydropyridines is 1. The Balaban J connectivity index is 1.95. The van der Waals surface area contributed by atoms with Crippen molar-refractivity contribution in [2.75, 3.05) is 0 Å². The van der Waals surface area contributed by atoms with Crippen molar-refractivity contribution >= 4 is 11.3 Å². The lowest BCUT2D eigenvalue weighted by atomic mass is 9.75. The number of alkyl halides is 4. The number of halogens is 5. The van der Waals surface area contributed by atoms with Crippen LogP contribution in [0.1, 0.15) is 43.1 Å². The number of benzene rings is 2. The van der Waals surface area contributed by atoms with Crippen LogP contribution >= 0.6 is 0 Å². The van der Waals surface area contributed by atoms with Gasteiger partial charge in [-0.3, -0.25) is 4.99 Å². The average Bonchev–Trinajstić information content (AvgIpc) is 2.77. The molecule has 0 fully saturated rings. The third-order valence-corrected chi connectivity index (χ3v) is 5.82. The van der Waals surface area contributed by atoms with Crippen molar-refractivity contribution in [2.45, 2.75) is 38.3 Å². The van der Waals surface area contributed by atoms with Crippen molar-refractivity contribution in [1.82, 2.24) is 0 Å². The van der Waals surface area contributed by atoms with E-state index in [4.69, 9.17) is 0 Å². The van der Waals surface area contributed by atoms with Gasteiger partial charge in [0, 0.05) is 23.3 Å². The Kier molecular flexibility index (Phi) is 5.86. The highest BCUT2D eigenvalue weighted by molar-refractivity contribution is 6.13. The first-order valence-electron chi connectivity index (χ1n) is 10.5. The van der Waals surface area contributed by atoms with Crippen LogP contribution in [0.2, 0.25) is 0 Å². The number of hydrogen-bond acceptors (Lipinski definition) is 2. The highest BCUT2D eigenvalue weighted by Crippen LogP contribution is 2.48. The van der Waals surface area contributed by atoms with Crippen molar-refractivity contribution in [2.24, 2.45) is 10.9 Å². The third-order valence-electron chi connectivity index (χ3n) is 5.82. The average molecular weight is 459 g/mol. The Labute approximate surface area is 188 Å². The molecule has 2 aromatic carbocycles. The van der Waals surface area contributed by atoms with Gasteiger partial charge in [0.25, 0.3) is 0 Å². The highest BCUT2D eigenvalue weighted by Gasteiger charge is 2.43. The normalized spacial score (nSPS) is 21.6. The summed E-state index contributed by atoms with van der Waals surface area (Å²) in [6.45, 7) is 3.61. The maximum atomic E-state index is 16.1. The summed E-state index contributed by atoms with van der Waals surface area (Å²) in [7, 11) is 0. The lowest BCUT2D eigenvalue weighted by Gasteiger charge is -2.38. The molecule has 4 rings (SSSR count). The zero-order valence-corrected chi connectivity index (χ0v) is 18.0. The van der Waals surface area contributed by atoms with Gasteiger partial charge in [-0.25, -0.2) is 8.78 Å². The number of rotatable bonds is 4. The number of hydrogen-bond donors (Lipinski definition) is 1. The van der Waals surface area contributed by atoms with Gasteiger partial charge in [-0.2, -0.15) is 13.2 Å². The number of aliphatic imine (C=N–C) groups is 1. The summed E-state index contributed by atoms with van der Waals surface area (Å²) in [5.74, 6) is -0.763. The molecule has 2 atom stereocenters. The molecule has 1 aliphatic carbocycles. The largest absolute Gasteiger partial charge is 0.416 e. The standard InChI is InChI=1S/C26H22F5NO/c1-15(2)24-22(23(28)17-6-10-18(11-7-17)26(29,30)31)21(16-8-12-19(27)13-9-16)20-5-3-4-14-25(20,33)32-24/h3-13,15,23,33H,14H2,1-2H3. The fourth-order valence-corrected chi connectivity index (χ4v) is 4.19. The number of allylic oxidation sites excluding steroid dienone is 3. The van der Waals surface area contributed by atoms with Crippen LogP contribution < -0.4 is 0 Å². The smallest absolute Gasteiger partial charge is 0.365 e. The monoisotopic (exact) mass is 459 g/mol. The molecule has 0 amide bonds. The van der Waals surface area contributed by atoms with E-state index in [1.807, 2.05) is 0 Å². The quantitative estimate of drug-likeness (QED) is 0.491. The SMILES string of the molecule is CC(C)C1=NC2(O)CC=CC=C2C(c2ccc(F)cc2)=C1C(F)c1ccc(C(F)(F)F)cc1. The van der Waals surface area contributed by atoms with Gasteiger partial charge >= 0.3 is 6.18 Å². The number of aliphatic hydroxyl groups is 1. The Morgan fingerprint density at radius 1 is 1.00 bits per heavy atom. The van der Waals surface area contributed by atoms with Crippen LogP contribution in [-0.2, 0) is 6.18 Å². The van der Waals surface area contributed by atoms with Crippen molar-refractivity contribution in [1.29, 1.82) is 0 Å². The maximum absolute atomic E-state index is 16.1. The molecule has 33 heavy (non-hydrogen) atoms. The molecule has 0 radical (unpaired) electrons. The zero-order valence-electron chi connectivity index (χ0n) is 18.0. The van der Waals surface area contributed by atoms with Gasteiger partial charge in [-0.05, 0) is 46.9 Å². The van der Waals surface area contributed by atoms with E-state index >= 15 is 4.39 Å². The molecule has 2 unspecified atom stereocenters. The minimum Gasteiger partial charge on any atom is -0.365 e. The van der Waals surface area contributed by atoms with E-state index in [0.717, 1.165) is 24.3 Å². The number of nitrogens with zero attached hydrogens (tertiary/aromatic N) is 1. The molecule has 2 aromatic rings. The van der Waals surface area contributed by atoms with Gasteiger partial charge in [0.2, 0.25) is 0 Å². The van der Waals surface area contributed by atoms with Gasteiger partial charge in [0.15, 0.2) is 11.9 Å². The van der Waals surface area contributed by atoms with Crippen LogP contribution in [0.25, 0.3) is 5.57 Å². The van der Waals surface area contributed by atoms with Gasteiger partial charge in [0.05, 0.1) is 5.56 Å². The van der Waals surface area contributed by atoms with Crippen molar-refractivity contribution in [3.8, 4) is 0 Å². The maximum Gasteiger partial charge on any atom is 0.416 e. The van der Waals surface area contributed by atoms with E-state index in [1.165, 1.54) is 24.3 Å². The summed E-state index contributed by atoms with van der Waals surface area (Å²) in [6.07, 6.45) is -1.04. The van der Waals surface area contributed by atoms with Crippen molar-refractivity contribution in [3.05, 3.63) is 100 Å². The summed E-state index contributed by atoms with van der Waals surface area (Å²) in [5.41, 5.74) is -0.765. The van der Waals surface area contributed by atoms with E-state index < -0.39 is 29.5 Å². The van der Waals surface area contributed by atoms with Gasteiger partial charge in [0.1, 0.15) is 5.82 Å². The zero-order chi connectivity index (χ0) is 24.0. The molecule has 1 N–H and O–H groups in total. The molecule has 172 valence electrons. The van der Waals surface area contributed by atoms with Crippen LogP contribution in [0, 0.1) is 11.7 Å². The van der Waals surface area contributed by atoms with Gasteiger partial charge in [-0.15, -0.1) is 0 Å².